The van der Waals surface area contributed by atoms with Gasteiger partial charge in [0.25, 0.3) is 5.56 Å². The Morgan fingerprint density at radius 2 is 1.76 bits per heavy atom. The lowest BCUT2D eigenvalue weighted by molar-refractivity contribution is 0.0600. The van der Waals surface area contributed by atoms with Crippen LogP contribution in [0.25, 0.3) is 10.9 Å². The van der Waals surface area contributed by atoms with Gasteiger partial charge in [0.15, 0.2) is 0 Å². The van der Waals surface area contributed by atoms with Crippen LogP contribution in [0.4, 0.5) is 0 Å². The second-order valence-corrected chi connectivity index (χ2v) is 10.5. The molecular formula is C25H28N2O5S. The number of benzene rings is 2. The largest absolute Gasteiger partial charge is 0.465 e. The smallest absolute Gasteiger partial charge is 0.337 e. The lowest BCUT2D eigenvalue weighted by Crippen LogP contribution is -2.42. The molecule has 1 aliphatic rings. The third-order valence-corrected chi connectivity index (χ3v) is 8.18. The molecule has 0 amide bonds. The van der Waals surface area contributed by atoms with Crippen molar-refractivity contribution < 1.29 is 17.9 Å². The topological polar surface area (TPSA) is 96.5 Å². The highest BCUT2D eigenvalue weighted by Gasteiger charge is 2.33. The van der Waals surface area contributed by atoms with Gasteiger partial charge in [-0.3, -0.25) is 4.79 Å². The number of methoxy groups -OCH3 is 1. The summed E-state index contributed by atoms with van der Waals surface area (Å²) in [6.07, 6.45) is 4.48. The number of aryl methyl sites for hydroxylation is 1. The maximum absolute atomic E-state index is 13.7. The molecule has 2 aromatic carbocycles. The molecule has 1 N–H and O–H groups in total. The molecule has 0 unspecified atom stereocenters. The number of carbonyl (C=O) groups excluding carboxylic acids is 1. The molecule has 1 fully saturated rings. The molecule has 8 heteroatoms. The van der Waals surface area contributed by atoms with Crippen LogP contribution in [0.3, 0.4) is 0 Å². The number of rotatable bonds is 6. The Morgan fingerprint density at radius 3 is 2.42 bits per heavy atom. The number of sulfonamides is 1. The molecule has 7 nitrogen and oxygen atoms in total. The number of nitrogens with one attached hydrogen (secondary N) is 1. The van der Waals surface area contributed by atoms with Crippen LogP contribution in [0.15, 0.2) is 58.2 Å². The molecular weight excluding hydrogens is 440 g/mol. The van der Waals surface area contributed by atoms with Gasteiger partial charge in [-0.25, -0.2) is 13.2 Å². The monoisotopic (exact) mass is 468 g/mol. The van der Waals surface area contributed by atoms with E-state index in [2.05, 4.69) is 4.98 Å². The number of carbonyl (C=O) groups is 1. The number of H-pyrrole nitrogens is 1. The van der Waals surface area contributed by atoms with Crippen molar-refractivity contribution in [3.63, 3.8) is 0 Å². The molecule has 0 radical (unpaired) electrons. The lowest BCUT2D eigenvalue weighted by Gasteiger charge is -2.33. The van der Waals surface area contributed by atoms with Crippen LogP contribution in [0.2, 0.25) is 0 Å². The first kappa shape index (κ1) is 23.2. The zero-order valence-electron chi connectivity index (χ0n) is 18.8. The number of hydrogen-bond donors (Lipinski definition) is 1. The van der Waals surface area contributed by atoms with Gasteiger partial charge in [-0.1, -0.05) is 30.9 Å². The van der Waals surface area contributed by atoms with Gasteiger partial charge in [0.2, 0.25) is 10.0 Å². The van der Waals surface area contributed by atoms with Crippen LogP contribution < -0.4 is 5.56 Å². The number of aromatic amines is 1. The number of pyridine rings is 1. The van der Waals surface area contributed by atoms with Gasteiger partial charge >= 0.3 is 5.97 Å². The third-order valence-electron chi connectivity index (χ3n) is 6.27. The van der Waals surface area contributed by atoms with Gasteiger partial charge in [-0.05, 0) is 67.6 Å². The molecule has 1 aromatic heterocycles. The van der Waals surface area contributed by atoms with E-state index in [4.69, 9.17) is 4.74 Å². The van der Waals surface area contributed by atoms with Crippen molar-refractivity contribution in [1.82, 2.24) is 9.29 Å². The number of esters is 1. The van der Waals surface area contributed by atoms with Crippen molar-refractivity contribution in [2.75, 3.05) is 7.11 Å². The minimum Gasteiger partial charge on any atom is -0.465 e. The molecule has 33 heavy (non-hydrogen) atoms. The molecule has 1 saturated carbocycles. The Kier molecular flexibility index (Phi) is 6.67. The van der Waals surface area contributed by atoms with Crippen molar-refractivity contribution >= 4 is 26.9 Å². The zero-order chi connectivity index (χ0) is 23.6. The highest BCUT2D eigenvalue weighted by Crippen LogP contribution is 2.29. The molecule has 0 atom stereocenters. The fourth-order valence-corrected chi connectivity index (χ4v) is 6.12. The number of hydrogen-bond acceptors (Lipinski definition) is 5. The highest BCUT2D eigenvalue weighted by molar-refractivity contribution is 7.89. The van der Waals surface area contributed by atoms with Gasteiger partial charge in [-0.15, -0.1) is 0 Å². The quantitative estimate of drug-likeness (QED) is 0.548. The highest BCUT2D eigenvalue weighted by atomic mass is 32.2. The first-order chi connectivity index (χ1) is 15.8. The van der Waals surface area contributed by atoms with E-state index in [1.807, 2.05) is 25.1 Å². The Labute approximate surface area is 193 Å². The van der Waals surface area contributed by atoms with E-state index in [0.717, 1.165) is 48.6 Å². The predicted octanol–water partition coefficient (Wildman–Crippen LogP) is 4.15. The van der Waals surface area contributed by atoms with Crippen molar-refractivity contribution in [1.29, 1.82) is 0 Å². The predicted molar refractivity (Wildman–Crippen MR) is 127 cm³/mol. The summed E-state index contributed by atoms with van der Waals surface area (Å²) in [6.45, 7) is 1.96. The Bertz CT molecular complexity index is 1320. The average molecular weight is 469 g/mol. The fraction of sp³-hybridized carbons (Fsp3) is 0.360. The number of aromatic nitrogens is 1. The molecule has 1 aliphatic carbocycles. The van der Waals surface area contributed by atoms with E-state index >= 15 is 0 Å². The Morgan fingerprint density at radius 1 is 1.06 bits per heavy atom. The van der Waals surface area contributed by atoms with Crippen LogP contribution in [0.1, 0.15) is 53.6 Å². The van der Waals surface area contributed by atoms with Gasteiger partial charge < -0.3 is 9.72 Å². The summed E-state index contributed by atoms with van der Waals surface area (Å²) >= 11 is 0. The van der Waals surface area contributed by atoms with Gasteiger partial charge in [-0.2, -0.15) is 4.31 Å². The van der Waals surface area contributed by atoms with E-state index in [1.165, 1.54) is 35.7 Å². The molecule has 174 valence electrons. The van der Waals surface area contributed by atoms with Crippen LogP contribution in [0.5, 0.6) is 0 Å². The third kappa shape index (κ3) is 4.86. The van der Waals surface area contributed by atoms with E-state index in [0.29, 0.717) is 5.56 Å². The zero-order valence-corrected chi connectivity index (χ0v) is 19.7. The summed E-state index contributed by atoms with van der Waals surface area (Å²) in [5, 5.41) is 0.869. The number of nitrogens with zero attached hydrogens (tertiary/aromatic N) is 1. The van der Waals surface area contributed by atoms with Crippen LogP contribution in [0, 0.1) is 6.92 Å². The maximum atomic E-state index is 13.7. The average Bonchev–Trinajstić information content (AvgIpc) is 2.83. The number of fused-ring (bicyclic) bond motifs is 1. The summed E-state index contributed by atoms with van der Waals surface area (Å²) in [6, 6.07) is 13.1. The van der Waals surface area contributed by atoms with E-state index in [-0.39, 0.29) is 28.6 Å². The minimum absolute atomic E-state index is 0.00896. The van der Waals surface area contributed by atoms with E-state index in [1.54, 1.807) is 6.07 Å². The van der Waals surface area contributed by atoms with Crippen LogP contribution in [-0.2, 0) is 21.3 Å². The van der Waals surface area contributed by atoms with E-state index < -0.39 is 16.0 Å². The fourth-order valence-electron chi connectivity index (χ4n) is 4.45. The van der Waals surface area contributed by atoms with E-state index in [9.17, 15) is 18.0 Å². The summed E-state index contributed by atoms with van der Waals surface area (Å²) in [5.74, 6) is -0.527. The maximum Gasteiger partial charge on any atom is 0.337 e. The minimum atomic E-state index is -3.90. The van der Waals surface area contributed by atoms with Gasteiger partial charge in [0, 0.05) is 23.7 Å². The second kappa shape index (κ2) is 9.49. The van der Waals surface area contributed by atoms with Gasteiger partial charge in [0.1, 0.15) is 0 Å². The molecule has 3 aromatic rings. The molecule has 4 rings (SSSR count). The lowest BCUT2D eigenvalue weighted by atomic mass is 9.95. The normalized spacial score (nSPS) is 15.1. The second-order valence-electron chi connectivity index (χ2n) is 8.57. The van der Waals surface area contributed by atoms with Crippen molar-refractivity contribution in [2.24, 2.45) is 0 Å². The summed E-state index contributed by atoms with van der Waals surface area (Å²) in [4.78, 5) is 27.5. The standard InChI is InChI=1S/C25H28N2O5S/c1-17-8-13-23-19(14-17)15-20(24(28)26-23)16-27(21-6-4-3-5-7-21)33(30,31)22-11-9-18(10-12-22)25(29)32-2/h8-15,21H,3-7,16H2,1-2H3,(H,26,28). The first-order valence-corrected chi connectivity index (χ1v) is 12.6. The Balaban J connectivity index is 1.74. The van der Waals surface area contributed by atoms with Crippen LogP contribution in [-0.4, -0.2) is 36.8 Å². The summed E-state index contributed by atoms with van der Waals surface area (Å²) in [5.41, 5.74) is 2.18. The summed E-state index contributed by atoms with van der Waals surface area (Å²) < 4.78 is 33.6. The first-order valence-electron chi connectivity index (χ1n) is 11.1. The number of ether oxygens (including phenoxy) is 1. The molecule has 0 bridgehead atoms. The molecule has 0 spiro atoms. The van der Waals surface area contributed by atoms with Crippen LogP contribution >= 0.6 is 0 Å². The Hall–Kier alpha value is -2.97. The van der Waals surface area contributed by atoms with Crippen molar-refractivity contribution in [3.8, 4) is 0 Å². The van der Waals surface area contributed by atoms with Gasteiger partial charge in [0.05, 0.1) is 17.6 Å². The summed E-state index contributed by atoms with van der Waals surface area (Å²) in [7, 11) is -2.62. The molecule has 1 heterocycles. The van der Waals surface area contributed by atoms with Crippen molar-refractivity contribution in [2.45, 2.75) is 56.5 Å². The SMILES string of the molecule is COC(=O)c1ccc(S(=O)(=O)N(Cc2cc3cc(C)ccc3[nH]c2=O)C2CCCCC2)cc1. The van der Waals surface area contributed by atoms with Crippen molar-refractivity contribution in [3.05, 3.63) is 75.6 Å². The molecule has 0 aliphatic heterocycles. The molecule has 0 saturated heterocycles.